The summed E-state index contributed by atoms with van der Waals surface area (Å²) >= 11 is 1.57. The number of aromatic nitrogens is 1. The highest BCUT2D eigenvalue weighted by Crippen LogP contribution is 2.30. The average Bonchev–Trinajstić information content (AvgIpc) is 2.49. The predicted octanol–water partition coefficient (Wildman–Crippen LogP) is 2.33. The number of Topliss-reactive ketones (excluding diaryl/α,β-unsaturated/α-hetero) is 1. The molecular formula is C12H20N2OS. The summed E-state index contributed by atoms with van der Waals surface area (Å²) in [5.74, 6) is 0.144. The van der Waals surface area contributed by atoms with Gasteiger partial charge in [-0.25, -0.2) is 4.98 Å². The summed E-state index contributed by atoms with van der Waals surface area (Å²) < 4.78 is 0. The van der Waals surface area contributed by atoms with Crippen LogP contribution in [0.2, 0.25) is 0 Å². The standard InChI is InChI=1S/C12H20N2OS/c1-8-14-9(7-16-8)6-10(15)11(2,3)12(4,5)13/h7H,6,13H2,1-5H3. The maximum absolute atomic E-state index is 12.2. The van der Waals surface area contributed by atoms with Gasteiger partial charge in [-0.05, 0) is 20.8 Å². The molecule has 90 valence electrons. The second-order valence-corrected chi connectivity index (χ2v) is 6.37. The number of ketones is 1. The van der Waals surface area contributed by atoms with Crippen molar-refractivity contribution < 1.29 is 4.79 Å². The third-order valence-electron chi connectivity index (χ3n) is 3.32. The van der Waals surface area contributed by atoms with Gasteiger partial charge in [-0.15, -0.1) is 11.3 Å². The van der Waals surface area contributed by atoms with Gasteiger partial charge in [0.05, 0.1) is 17.1 Å². The molecule has 0 spiro atoms. The zero-order valence-electron chi connectivity index (χ0n) is 10.6. The number of carbonyl (C=O) groups excluding carboxylic acids is 1. The number of carbonyl (C=O) groups is 1. The van der Waals surface area contributed by atoms with Crippen LogP contribution < -0.4 is 5.73 Å². The van der Waals surface area contributed by atoms with Crippen molar-refractivity contribution in [2.24, 2.45) is 11.1 Å². The summed E-state index contributed by atoms with van der Waals surface area (Å²) in [7, 11) is 0. The SMILES string of the molecule is Cc1nc(CC(=O)C(C)(C)C(C)(C)N)cs1. The maximum Gasteiger partial charge on any atom is 0.146 e. The van der Waals surface area contributed by atoms with Crippen LogP contribution in [0.15, 0.2) is 5.38 Å². The molecule has 16 heavy (non-hydrogen) atoms. The van der Waals surface area contributed by atoms with Gasteiger partial charge in [0.2, 0.25) is 0 Å². The zero-order chi connectivity index (χ0) is 12.6. The summed E-state index contributed by atoms with van der Waals surface area (Å²) in [6.07, 6.45) is 0.373. The molecule has 0 aliphatic rings. The summed E-state index contributed by atoms with van der Waals surface area (Å²) in [6.45, 7) is 9.51. The van der Waals surface area contributed by atoms with Crippen molar-refractivity contribution >= 4 is 17.1 Å². The van der Waals surface area contributed by atoms with Crippen molar-refractivity contribution in [2.45, 2.75) is 46.6 Å². The van der Waals surface area contributed by atoms with Crippen molar-refractivity contribution in [3.8, 4) is 0 Å². The first-order valence-corrected chi connectivity index (χ1v) is 6.26. The molecule has 0 aromatic carbocycles. The smallest absolute Gasteiger partial charge is 0.146 e. The highest BCUT2D eigenvalue weighted by Gasteiger charge is 2.39. The van der Waals surface area contributed by atoms with Crippen LogP contribution in [0.25, 0.3) is 0 Å². The lowest BCUT2D eigenvalue weighted by Gasteiger charge is -2.36. The van der Waals surface area contributed by atoms with Crippen LogP contribution in [0, 0.1) is 12.3 Å². The number of hydrogen-bond acceptors (Lipinski definition) is 4. The van der Waals surface area contributed by atoms with Gasteiger partial charge in [-0.1, -0.05) is 13.8 Å². The molecule has 4 heteroatoms. The van der Waals surface area contributed by atoms with Crippen molar-refractivity contribution in [1.29, 1.82) is 0 Å². The molecule has 0 aliphatic carbocycles. The van der Waals surface area contributed by atoms with Gasteiger partial charge in [0.1, 0.15) is 5.78 Å². The number of nitrogens with two attached hydrogens (primary N) is 1. The van der Waals surface area contributed by atoms with Crippen LogP contribution in [-0.4, -0.2) is 16.3 Å². The molecule has 0 saturated heterocycles. The minimum absolute atomic E-state index is 0.144. The molecule has 0 bridgehead atoms. The van der Waals surface area contributed by atoms with E-state index in [1.807, 2.05) is 40.0 Å². The van der Waals surface area contributed by atoms with Crippen LogP contribution in [0.4, 0.5) is 0 Å². The van der Waals surface area contributed by atoms with E-state index in [2.05, 4.69) is 4.98 Å². The third kappa shape index (κ3) is 2.68. The monoisotopic (exact) mass is 240 g/mol. The Bertz CT molecular complexity index is 388. The van der Waals surface area contributed by atoms with E-state index in [1.165, 1.54) is 0 Å². The van der Waals surface area contributed by atoms with Crippen LogP contribution >= 0.6 is 11.3 Å². The lowest BCUT2D eigenvalue weighted by atomic mass is 9.71. The van der Waals surface area contributed by atoms with Crippen LogP contribution in [-0.2, 0) is 11.2 Å². The van der Waals surface area contributed by atoms with Crippen molar-refractivity contribution in [3.63, 3.8) is 0 Å². The largest absolute Gasteiger partial charge is 0.325 e. The van der Waals surface area contributed by atoms with Crippen molar-refractivity contribution in [2.75, 3.05) is 0 Å². The summed E-state index contributed by atoms with van der Waals surface area (Å²) in [6, 6.07) is 0. The molecule has 0 aliphatic heterocycles. The quantitative estimate of drug-likeness (QED) is 0.878. The molecule has 0 fully saturated rings. The molecule has 1 rings (SSSR count). The molecule has 2 N–H and O–H groups in total. The fourth-order valence-electron chi connectivity index (χ4n) is 1.23. The molecule has 0 radical (unpaired) electrons. The molecule has 1 heterocycles. The van der Waals surface area contributed by atoms with Gasteiger partial charge in [-0.3, -0.25) is 4.79 Å². The second-order valence-electron chi connectivity index (χ2n) is 5.30. The lowest BCUT2D eigenvalue weighted by Crippen LogP contribution is -2.52. The van der Waals surface area contributed by atoms with Gasteiger partial charge in [0.15, 0.2) is 0 Å². The average molecular weight is 240 g/mol. The Morgan fingerprint density at radius 3 is 2.38 bits per heavy atom. The highest BCUT2D eigenvalue weighted by molar-refractivity contribution is 7.09. The van der Waals surface area contributed by atoms with E-state index in [4.69, 9.17) is 5.73 Å². The molecule has 3 nitrogen and oxygen atoms in total. The molecular weight excluding hydrogens is 220 g/mol. The molecule has 0 atom stereocenters. The van der Waals surface area contributed by atoms with Crippen LogP contribution in [0.5, 0.6) is 0 Å². The number of hydrogen-bond donors (Lipinski definition) is 1. The predicted molar refractivity (Wildman–Crippen MR) is 67.6 cm³/mol. The molecule has 1 aromatic rings. The van der Waals surface area contributed by atoms with E-state index in [-0.39, 0.29) is 5.78 Å². The Morgan fingerprint density at radius 2 is 2.00 bits per heavy atom. The molecule has 1 aromatic heterocycles. The van der Waals surface area contributed by atoms with E-state index in [0.29, 0.717) is 6.42 Å². The minimum atomic E-state index is -0.537. The molecule has 0 unspecified atom stereocenters. The topological polar surface area (TPSA) is 56.0 Å². The number of aryl methyl sites for hydroxylation is 1. The summed E-state index contributed by atoms with van der Waals surface area (Å²) in [5, 5.41) is 2.93. The lowest BCUT2D eigenvalue weighted by molar-refractivity contribution is -0.129. The summed E-state index contributed by atoms with van der Waals surface area (Å²) in [5.41, 5.74) is 5.83. The van der Waals surface area contributed by atoms with Gasteiger partial charge in [-0.2, -0.15) is 0 Å². The van der Waals surface area contributed by atoms with E-state index < -0.39 is 11.0 Å². The maximum atomic E-state index is 12.2. The van der Waals surface area contributed by atoms with Gasteiger partial charge in [0, 0.05) is 16.3 Å². The second kappa shape index (κ2) is 4.26. The first-order chi connectivity index (χ1) is 7.14. The number of rotatable bonds is 4. The Morgan fingerprint density at radius 1 is 1.44 bits per heavy atom. The van der Waals surface area contributed by atoms with E-state index in [1.54, 1.807) is 11.3 Å². The normalized spacial score (nSPS) is 12.9. The summed E-state index contributed by atoms with van der Waals surface area (Å²) in [4.78, 5) is 16.5. The zero-order valence-corrected chi connectivity index (χ0v) is 11.4. The molecule has 0 amide bonds. The fraction of sp³-hybridized carbons (Fsp3) is 0.667. The van der Waals surface area contributed by atoms with Gasteiger partial charge < -0.3 is 5.73 Å². The number of thiazole rings is 1. The fourth-order valence-corrected chi connectivity index (χ4v) is 1.85. The van der Waals surface area contributed by atoms with E-state index in [9.17, 15) is 4.79 Å². The first-order valence-electron chi connectivity index (χ1n) is 5.38. The van der Waals surface area contributed by atoms with Gasteiger partial charge >= 0.3 is 0 Å². The Hall–Kier alpha value is -0.740. The first kappa shape index (κ1) is 13.3. The Labute approximate surface area is 101 Å². The number of nitrogens with zero attached hydrogens (tertiary/aromatic N) is 1. The minimum Gasteiger partial charge on any atom is -0.325 e. The molecule has 0 saturated carbocycles. The van der Waals surface area contributed by atoms with E-state index >= 15 is 0 Å². The van der Waals surface area contributed by atoms with E-state index in [0.717, 1.165) is 10.7 Å². The third-order valence-corrected chi connectivity index (χ3v) is 4.14. The van der Waals surface area contributed by atoms with Crippen molar-refractivity contribution in [1.82, 2.24) is 4.98 Å². The Kier molecular flexibility index (Phi) is 3.55. The van der Waals surface area contributed by atoms with Crippen LogP contribution in [0.1, 0.15) is 38.4 Å². The highest BCUT2D eigenvalue weighted by atomic mass is 32.1. The van der Waals surface area contributed by atoms with Crippen molar-refractivity contribution in [3.05, 3.63) is 16.1 Å². The van der Waals surface area contributed by atoms with Gasteiger partial charge in [0.25, 0.3) is 0 Å². The Balaban J connectivity index is 2.80. The van der Waals surface area contributed by atoms with Crippen LogP contribution in [0.3, 0.4) is 0 Å².